The maximum absolute atomic E-state index is 12.6. The number of hydrogen-bond acceptors (Lipinski definition) is 1. The average molecular weight is 271 g/mol. The summed E-state index contributed by atoms with van der Waals surface area (Å²) in [6.45, 7) is -0.740. The maximum atomic E-state index is 12.6. The van der Waals surface area contributed by atoms with E-state index in [0.29, 0.717) is 0 Å². The van der Waals surface area contributed by atoms with Gasteiger partial charge in [-0.15, -0.1) is 0 Å². The molecule has 0 spiro atoms. The van der Waals surface area contributed by atoms with Gasteiger partial charge in [0.2, 0.25) is 0 Å². The Morgan fingerprint density at radius 2 is 1.56 bits per heavy atom. The van der Waals surface area contributed by atoms with Crippen LogP contribution in [0.5, 0.6) is 0 Å². The first-order chi connectivity index (χ1) is 8.16. The molecule has 0 heterocycles. The van der Waals surface area contributed by atoms with Gasteiger partial charge in [0.15, 0.2) is 0 Å². The van der Waals surface area contributed by atoms with Gasteiger partial charge in [-0.05, 0) is 18.1 Å². The zero-order valence-electron chi connectivity index (χ0n) is 9.15. The molecule has 0 saturated carbocycles. The lowest BCUT2D eigenvalue weighted by Gasteiger charge is -2.20. The summed E-state index contributed by atoms with van der Waals surface area (Å²) in [6, 6.07) is 4.21. The molecule has 18 heavy (non-hydrogen) atoms. The lowest BCUT2D eigenvalue weighted by molar-refractivity contribution is -0.172. The number of halogens is 6. The first kappa shape index (κ1) is 14.8. The van der Waals surface area contributed by atoms with Crippen LogP contribution in [0.4, 0.5) is 26.3 Å². The van der Waals surface area contributed by atoms with Crippen LogP contribution in [0, 0.1) is 5.92 Å². The molecule has 2 N–H and O–H groups in total. The summed E-state index contributed by atoms with van der Waals surface area (Å²) < 4.78 is 75.2. The summed E-state index contributed by atoms with van der Waals surface area (Å²) in [7, 11) is 0. The van der Waals surface area contributed by atoms with E-state index in [1.807, 2.05) is 0 Å². The van der Waals surface area contributed by atoms with Crippen molar-refractivity contribution < 1.29 is 26.3 Å². The molecule has 1 nitrogen and oxygen atoms in total. The average Bonchev–Trinajstić information content (AvgIpc) is 2.23. The topological polar surface area (TPSA) is 26.0 Å². The second kappa shape index (κ2) is 5.17. The molecule has 0 amide bonds. The lowest BCUT2D eigenvalue weighted by Crippen LogP contribution is -2.32. The first-order valence-corrected chi connectivity index (χ1v) is 5.08. The molecule has 0 radical (unpaired) electrons. The predicted molar refractivity (Wildman–Crippen MR) is 53.7 cm³/mol. The predicted octanol–water partition coefficient (Wildman–Crippen LogP) is 3.39. The highest BCUT2D eigenvalue weighted by molar-refractivity contribution is 5.30. The third kappa shape index (κ3) is 3.63. The molecule has 1 aromatic rings. The van der Waals surface area contributed by atoms with Crippen molar-refractivity contribution in [1.29, 1.82) is 0 Å². The van der Waals surface area contributed by atoms with Crippen LogP contribution in [0.1, 0.15) is 11.1 Å². The molecule has 1 unspecified atom stereocenters. The van der Waals surface area contributed by atoms with E-state index >= 15 is 0 Å². The van der Waals surface area contributed by atoms with Crippen molar-refractivity contribution in [2.45, 2.75) is 18.8 Å². The van der Waals surface area contributed by atoms with Crippen molar-refractivity contribution in [3.63, 3.8) is 0 Å². The minimum Gasteiger partial charge on any atom is -0.330 e. The Morgan fingerprint density at radius 1 is 1.00 bits per heavy atom. The van der Waals surface area contributed by atoms with Gasteiger partial charge < -0.3 is 5.73 Å². The summed E-state index contributed by atoms with van der Waals surface area (Å²) in [5, 5.41) is 0. The third-order valence-corrected chi connectivity index (χ3v) is 2.54. The van der Waals surface area contributed by atoms with Crippen LogP contribution in [0.2, 0.25) is 0 Å². The molecule has 1 aromatic carbocycles. The lowest BCUT2D eigenvalue weighted by atomic mass is 9.95. The summed E-state index contributed by atoms with van der Waals surface area (Å²) >= 11 is 0. The Morgan fingerprint density at radius 3 is 2.00 bits per heavy atom. The van der Waals surface area contributed by atoms with Gasteiger partial charge in [0.25, 0.3) is 0 Å². The molecule has 0 saturated heterocycles. The Balaban J connectivity index is 3.04. The second-order valence-corrected chi connectivity index (χ2v) is 3.83. The fraction of sp³-hybridized carbons (Fsp3) is 0.455. The van der Waals surface area contributed by atoms with Gasteiger partial charge in [0.1, 0.15) is 0 Å². The zero-order chi connectivity index (χ0) is 14.0. The van der Waals surface area contributed by atoms with Gasteiger partial charge in [0.05, 0.1) is 11.5 Å². The van der Waals surface area contributed by atoms with Crippen LogP contribution < -0.4 is 5.73 Å². The normalized spacial score (nSPS) is 14.6. The van der Waals surface area contributed by atoms with Crippen molar-refractivity contribution in [3.05, 3.63) is 35.4 Å². The van der Waals surface area contributed by atoms with Crippen molar-refractivity contribution in [2.24, 2.45) is 11.7 Å². The standard InChI is InChI=1S/C11H11F6N/c12-10(13,14)8(6-18)5-7-3-1-2-4-9(7)11(15,16)17/h1-4,8H,5-6,18H2. The highest BCUT2D eigenvalue weighted by Gasteiger charge is 2.40. The molecule has 1 atom stereocenters. The van der Waals surface area contributed by atoms with Gasteiger partial charge in [0, 0.05) is 6.54 Å². The summed E-state index contributed by atoms with van der Waals surface area (Å²) in [6.07, 6.45) is -10.0. The van der Waals surface area contributed by atoms with Crippen molar-refractivity contribution in [1.82, 2.24) is 0 Å². The van der Waals surface area contributed by atoms with Crippen molar-refractivity contribution >= 4 is 0 Å². The van der Waals surface area contributed by atoms with E-state index in [4.69, 9.17) is 5.73 Å². The Bertz CT molecular complexity index is 395. The molecule has 0 fully saturated rings. The molecule has 102 valence electrons. The summed E-state index contributed by atoms with van der Waals surface area (Å²) in [4.78, 5) is 0. The fourth-order valence-electron chi connectivity index (χ4n) is 1.57. The van der Waals surface area contributed by atoms with E-state index in [-0.39, 0.29) is 0 Å². The highest BCUT2D eigenvalue weighted by atomic mass is 19.4. The molecule has 0 aliphatic rings. The fourth-order valence-corrected chi connectivity index (χ4v) is 1.57. The number of rotatable bonds is 3. The van der Waals surface area contributed by atoms with Gasteiger partial charge >= 0.3 is 12.4 Å². The van der Waals surface area contributed by atoms with Crippen LogP contribution in [0.3, 0.4) is 0 Å². The summed E-state index contributed by atoms with van der Waals surface area (Å²) in [5.74, 6) is -1.97. The molecule has 7 heteroatoms. The molecule has 0 aliphatic carbocycles. The second-order valence-electron chi connectivity index (χ2n) is 3.83. The number of alkyl halides is 6. The van der Waals surface area contributed by atoms with Gasteiger partial charge in [-0.3, -0.25) is 0 Å². The largest absolute Gasteiger partial charge is 0.416 e. The molecular weight excluding hydrogens is 260 g/mol. The molecule has 0 aromatic heterocycles. The highest BCUT2D eigenvalue weighted by Crippen LogP contribution is 2.35. The van der Waals surface area contributed by atoms with Crippen molar-refractivity contribution in [3.8, 4) is 0 Å². The maximum Gasteiger partial charge on any atom is 0.416 e. The number of hydrogen-bond donors (Lipinski definition) is 1. The van der Waals surface area contributed by atoms with E-state index in [9.17, 15) is 26.3 Å². The monoisotopic (exact) mass is 271 g/mol. The van der Waals surface area contributed by atoms with E-state index < -0.39 is 42.4 Å². The van der Waals surface area contributed by atoms with Gasteiger partial charge in [-0.2, -0.15) is 26.3 Å². The molecular formula is C11H11F6N. The van der Waals surface area contributed by atoms with Crippen LogP contribution in [-0.2, 0) is 12.6 Å². The van der Waals surface area contributed by atoms with Crippen LogP contribution in [0.15, 0.2) is 24.3 Å². The van der Waals surface area contributed by atoms with E-state index in [0.717, 1.165) is 18.2 Å². The Kier molecular flexibility index (Phi) is 4.26. The number of benzene rings is 1. The van der Waals surface area contributed by atoms with Crippen LogP contribution in [0.25, 0.3) is 0 Å². The molecule has 1 rings (SSSR count). The van der Waals surface area contributed by atoms with E-state index in [1.165, 1.54) is 6.07 Å². The Labute approximate surface area is 99.6 Å². The van der Waals surface area contributed by atoms with Gasteiger partial charge in [-0.25, -0.2) is 0 Å². The van der Waals surface area contributed by atoms with Gasteiger partial charge in [-0.1, -0.05) is 18.2 Å². The number of nitrogens with two attached hydrogens (primary N) is 1. The quantitative estimate of drug-likeness (QED) is 0.838. The summed E-state index contributed by atoms with van der Waals surface area (Å²) in [5.41, 5.74) is 3.53. The molecule has 0 bridgehead atoms. The Hall–Kier alpha value is -1.24. The van der Waals surface area contributed by atoms with Crippen LogP contribution in [-0.4, -0.2) is 12.7 Å². The van der Waals surface area contributed by atoms with Crippen molar-refractivity contribution in [2.75, 3.05) is 6.54 Å². The van der Waals surface area contributed by atoms with Crippen LogP contribution >= 0.6 is 0 Å². The van der Waals surface area contributed by atoms with E-state index in [1.54, 1.807) is 0 Å². The SMILES string of the molecule is NCC(Cc1ccccc1C(F)(F)F)C(F)(F)F. The minimum absolute atomic E-state index is 0.391. The smallest absolute Gasteiger partial charge is 0.330 e. The first-order valence-electron chi connectivity index (χ1n) is 5.08. The zero-order valence-corrected chi connectivity index (χ0v) is 9.15. The molecule has 0 aliphatic heterocycles. The third-order valence-electron chi connectivity index (χ3n) is 2.54. The minimum atomic E-state index is -4.67. The van der Waals surface area contributed by atoms with E-state index in [2.05, 4.69) is 0 Å².